The van der Waals surface area contributed by atoms with E-state index in [1.807, 2.05) is 0 Å². The molecule has 2 aliphatic heterocycles. The van der Waals surface area contributed by atoms with Gasteiger partial charge >= 0.3 is 0 Å². The Kier molecular flexibility index (Phi) is 3.92. The number of ether oxygens (including phenoxy) is 3. The molecule has 3 aliphatic rings. The van der Waals surface area contributed by atoms with Crippen molar-refractivity contribution in [2.24, 2.45) is 0 Å². The van der Waals surface area contributed by atoms with Crippen molar-refractivity contribution in [2.75, 3.05) is 12.1 Å². The number of ketones is 1. The number of halogens is 1. The van der Waals surface area contributed by atoms with Crippen LogP contribution in [-0.4, -0.2) is 18.6 Å². The Bertz CT molecular complexity index is 921. The van der Waals surface area contributed by atoms with E-state index in [1.54, 1.807) is 18.2 Å². The number of carbonyl (C=O) groups is 1. The number of fused-ring (bicyclic) bond motifs is 3. The van der Waals surface area contributed by atoms with E-state index < -0.39 is 5.82 Å². The van der Waals surface area contributed by atoms with Crippen LogP contribution in [0.4, 0.5) is 10.1 Å². The molecular weight excluding hydrogens is 349 g/mol. The molecule has 0 amide bonds. The largest absolute Gasteiger partial charge is 0.488 e. The molecule has 1 aliphatic carbocycles. The molecule has 0 aromatic heterocycles. The number of benzene rings is 2. The molecule has 0 unspecified atom stereocenters. The zero-order valence-electron chi connectivity index (χ0n) is 14.8. The molecule has 5 rings (SSSR count). The highest BCUT2D eigenvalue weighted by molar-refractivity contribution is 6.12. The van der Waals surface area contributed by atoms with Crippen LogP contribution in [0.3, 0.4) is 0 Å². The summed E-state index contributed by atoms with van der Waals surface area (Å²) in [4.78, 5) is 13.0. The summed E-state index contributed by atoms with van der Waals surface area (Å²) in [6, 6.07) is 6.60. The molecule has 0 atom stereocenters. The average Bonchev–Trinajstić information content (AvgIpc) is 3.10. The summed E-state index contributed by atoms with van der Waals surface area (Å²) in [6.07, 6.45) is 5.65. The van der Waals surface area contributed by atoms with Gasteiger partial charge in [0.2, 0.25) is 6.79 Å². The van der Waals surface area contributed by atoms with Crippen molar-refractivity contribution in [3.05, 3.63) is 46.8 Å². The SMILES string of the molecule is O=C1c2cc(F)c(NC3CCCCC3)cc2COc2cc3c(cc21)OCO3. The Balaban J connectivity index is 1.49. The second-order valence-corrected chi connectivity index (χ2v) is 7.29. The lowest BCUT2D eigenvalue weighted by Gasteiger charge is -2.24. The number of anilines is 1. The van der Waals surface area contributed by atoms with Crippen LogP contribution in [0.2, 0.25) is 0 Å². The number of carbonyl (C=O) groups excluding carboxylic acids is 1. The second kappa shape index (κ2) is 6.44. The predicted molar refractivity (Wildman–Crippen MR) is 97.2 cm³/mol. The number of hydrogen-bond acceptors (Lipinski definition) is 5. The van der Waals surface area contributed by atoms with Gasteiger partial charge in [-0.1, -0.05) is 19.3 Å². The summed E-state index contributed by atoms with van der Waals surface area (Å²) >= 11 is 0. The van der Waals surface area contributed by atoms with Crippen molar-refractivity contribution in [2.45, 2.75) is 44.8 Å². The minimum Gasteiger partial charge on any atom is -0.488 e. The Morgan fingerprint density at radius 1 is 0.889 bits per heavy atom. The monoisotopic (exact) mass is 369 g/mol. The highest BCUT2D eigenvalue weighted by atomic mass is 19.1. The van der Waals surface area contributed by atoms with Crippen LogP contribution in [0, 0.1) is 5.82 Å². The van der Waals surface area contributed by atoms with Gasteiger partial charge in [0.25, 0.3) is 0 Å². The van der Waals surface area contributed by atoms with E-state index in [0.29, 0.717) is 39.6 Å². The number of hydrogen-bond donors (Lipinski definition) is 1. The van der Waals surface area contributed by atoms with Gasteiger partial charge in [-0.3, -0.25) is 4.79 Å². The zero-order valence-corrected chi connectivity index (χ0v) is 14.8. The lowest BCUT2D eigenvalue weighted by atomic mass is 9.94. The quantitative estimate of drug-likeness (QED) is 0.849. The fourth-order valence-corrected chi connectivity index (χ4v) is 4.05. The molecule has 1 saturated carbocycles. The Morgan fingerprint density at radius 3 is 2.48 bits per heavy atom. The predicted octanol–water partition coefficient (Wildman–Crippen LogP) is 4.42. The maximum atomic E-state index is 14.7. The van der Waals surface area contributed by atoms with Gasteiger partial charge in [-0.2, -0.15) is 0 Å². The first-order valence-corrected chi connectivity index (χ1v) is 9.39. The molecule has 2 aromatic rings. The van der Waals surface area contributed by atoms with Crippen LogP contribution in [0.25, 0.3) is 0 Å². The van der Waals surface area contributed by atoms with E-state index >= 15 is 0 Å². The molecule has 27 heavy (non-hydrogen) atoms. The van der Waals surface area contributed by atoms with Gasteiger partial charge in [-0.15, -0.1) is 0 Å². The Morgan fingerprint density at radius 2 is 1.67 bits per heavy atom. The first-order valence-electron chi connectivity index (χ1n) is 9.39. The summed E-state index contributed by atoms with van der Waals surface area (Å²) in [5.41, 5.74) is 1.82. The van der Waals surface area contributed by atoms with Crippen LogP contribution < -0.4 is 19.5 Å². The van der Waals surface area contributed by atoms with Gasteiger partial charge in [0.05, 0.1) is 11.3 Å². The van der Waals surface area contributed by atoms with Crippen molar-refractivity contribution < 1.29 is 23.4 Å². The van der Waals surface area contributed by atoms with Gasteiger partial charge in [0.15, 0.2) is 17.3 Å². The van der Waals surface area contributed by atoms with Crippen molar-refractivity contribution in [3.63, 3.8) is 0 Å². The summed E-state index contributed by atoms with van der Waals surface area (Å²) in [7, 11) is 0. The lowest BCUT2D eigenvalue weighted by molar-refractivity contribution is 0.103. The standard InChI is InChI=1S/C21H20FNO4/c22-16-7-14-12(6-17(16)23-13-4-2-1-3-5-13)10-25-18-9-20-19(26-11-27-20)8-15(18)21(14)24/h6-9,13,23H,1-5,10-11H2. The molecule has 0 spiro atoms. The third kappa shape index (κ3) is 2.89. The molecular formula is C21H20FNO4. The Hall–Kier alpha value is -2.76. The van der Waals surface area contributed by atoms with Crippen molar-refractivity contribution in [3.8, 4) is 17.2 Å². The second-order valence-electron chi connectivity index (χ2n) is 7.29. The van der Waals surface area contributed by atoms with Crippen LogP contribution in [0.5, 0.6) is 17.2 Å². The van der Waals surface area contributed by atoms with Crippen molar-refractivity contribution in [1.29, 1.82) is 0 Å². The molecule has 5 nitrogen and oxygen atoms in total. The molecule has 6 heteroatoms. The highest BCUT2D eigenvalue weighted by Gasteiger charge is 2.28. The smallest absolute Gasteiger partial charge is 0.231 e. The van der Waals surface area contributed by atoms with E-state index in [0.717, 1.165) is 25.7 Å². The fraction of sp³-hybridized carbons (Fsp3) is 0.381. The summed E-state index contributed by atoms with van der Waals surface area (Å²) in [5.74, 6) is 0.821. The molecule has 0 radical (unpaired) electrons. The molecule has 0 saturated heterocycles. The first kappa shape index (κ1) is 16.4. The summed E-state index contributed by atoms with van der Waals surface area (Å²) in [5, 5.41) is 3.31. The molecule has 140 valence electrons. The van der Waals surface area contributed by atoms with Gasteiger partial charge < -0.3 is 19.5 Å². The van der Waals surface area contributed by atoms with E-state index in [-0.39, 0.29) is 25.2 Å². The molecule has 2 heterocycles. The van der Waals surface area contributed by atoms with E-state index in [2.05, 4.69) is 5.32 Å². The summed E-state index contributed by atoms with van der Waals surface area (Å²) in [6.45, 7) is 0.321. The molecule has 1 fully saturated rings. The molecule has 2 aromatic carbocycles. The van der Waals surface area contributed by atoms with Crippen molar-refractivity contribution >= 4 is 11.5 Å². The summed E-state index contributed by atoms with van der Waals surface area (Å²) < 4.78 is 31.3. The lowest BCUT2D eigenvalue weighted by Crippen LogP contribution is -2.23. The van der Waals surface area contributed by atoms with E-state index in [9.17, 15) is 9.18 Å². The van der Waals surface area contributed by atoms with Crippen LogP contribution >= 0.6 is 0 Å². The average molecular weight is 369 g/mol. The minimum atomic E-state index is -0.406. The van der Waals surface area contributed by atoms with Gasteiger partial charge in [-0.25, -0.2) is 4.39 Å². The van der Waals surface area contributed by atoms with Gasteiger partial charge in [0, 0.05) is 23.2 Å². The maximum absolute atomic E-state index is 14.7. The fourth-order valence-electron chi connectivity index (χ4n) is 4.05. The molecule has 1 N–H and O–H groups in total. The van der Waals surface area contributed by atoms with E-state index in [1.165, 1.54) is 12.5 Å². The number of rotatable bonds is 2. The van der Waals surface area contributed by atoms with Gasteiger partial charge in [0.1, 0.15) is 18.2 Å². The van der Waals surface area contributed by atoms with E-state index in [4.69, 9.17) is 14.2 Å². The Labute approximate surface area is 156 Å². The number of nitrogens with one attached hydrogen (secondary N) is 1. The van der Waals surface area contributed by atoms with Gasteiger partial charge in [-0.05, 0) is 31.0 Å². The highest BCUT2D eigenvalue weighted by Crippen LogP contribution is 2.41. The third-order valence-electron chi connectivity index (χ3n) is 5.50. The molecule has 0 bridgehead atoms. The minimum absolute atomic E-state index is 0.119. The normalized spacial score (nSPS) is 18.3. The van der Waals surface area contributed by atoms with Crippen LogP contribution in [-0.2, 0) is 6.61 Å². The first-order chi connectivity index (χ1) is 13.2. The van der Waals surface area contributed by atoms with Crippen molar-refractivity contribution in [1.82, 2.24) is 0 Å². The zero-order chi connectivity index (χ0) is 18.4. The van der Waals surface area contributed by atoms with Crippen LogP contribution in [0.15, 0.2) is 24.3 Å². The topological polar surface area (TPSA) is 56.8 Å². The van der Waals surface area contributed by atoms with Crippen LogP contribution in [0.1, 0.15) is 53.6 Å². The third-order valence-corrected chi connectivity index (χ3v) is 5.50. The maximum Gasteiger partial charge on any atom is 0.231 e.